The minimum absolute atomic E-state index is 0.0590. The number of ether oxygens (including phenoxy) is 1. The maximum absolute atomic E-state index is 13.4. The van der Waals surface area contributed by atoms with Crippen molar-refractivity contribution in [1.82, 2.24) is 5.32 Å². The monoisotopic (exact) mass is 269 g/mol. The highest BCUT2D eigenvalue weighted by molar-refractivity contribution is 5.94. The molecule has 1 rings (SSSR count). The number of hydrogen-bond acceptors (Lipinski definition) is 3. The second kappa shape index (κ2) is 7.74. The van der Waals surface area contributed by atoms with Gasteiger partial charge in [-0.1, -0.05) is 0 Å². The molecule has 0 aliphatic rings. The molecule has 0 aromatic heterocycles. The zero-order chi connectivity index (χ0) is 14.3. The van der Waals surface area contributed by atoms with Crippen LogP contribution in [0.3, 0.4) is 0 Å². The van der Waals surface area contributed by atoms with Crippen LogP contribution in [0.25, 0.3) is 0 Å². The van der Waals surface area contributed by atoms with Gasteiger partial charge in [-0.2, -0.15) is 0 Å². The minimum atomic E-state index is -0.722. The number of halogens is 1. The van der Waals surface area contributed by atoms with Crippen LogP contribution in [0.1, 0.15) is 37.0 Å². The molecule has 1 aromatic rings. The van der Waals surface area contributed by atoms with Crippen molar-refractivity contribution in [3.8, 4) is 5.75 Å². The number of hydrogen-bond donors (Lipinski definition) is 2. The number of unbranched alkanes of at least 4 members (excludes halogenated alkanes) is 1. The molecule has 106 valence electrons. The number of carbonyl (C=O) groups excluding carboxylic acids is 1. The molecular formula is C14H20FNO3. The van der Waals surface area contributed by atoms with E-state index in [1.54, 1.807) is 0 Å². The predicted molar refractivity (Wildman–Crippen MR) is 70.7 cm³/mol. The standard InChI is InChI=1S/C14H20FNO3/c1-10(2)19-8-4-3-7-16-14(18)12-6-5-11(17)9-13(12)15/h5-6,9-10,17H,3-4,7-8H2,1-2H3,(H,16,18). The third-order valence-corrected chi connectivity index (χ3v) is 2.51. The Morgan fingerprint density at radius 1 is 1.42 bits per heavy atom. The minimum Gasteiger partial charge on any atom is -0.508 e. The van der Waals surface area contributed by atoms with Gasteiger partial charge in [0.1, 0.15) is 11.6 Å². The van der Waals surface area contributed by atoms with E-state index in [1.807, 2.05) is 13.8 Å². The number of amides is 1. The summed E-state index contributed by atoms with van der Waals surface area (Å²) in [6, 6.07) is 3.47. The number of carbonyl (C=O) groups is 1. The second-order valence-corrected chi connectivity index (χ2v) is 4.55. The Morgan fingerprint density at radius 2 is 2.16 bits per heavy atom. The average Bonchev–Trinajstić information content (AvgIpc) is 2.32. The first-order chi connectivity index (χ1) is 9.00. The normalized spacial score (nSPS) is 10.7. The highest BCUT2D eigenvalue weighted by Crippen LogP contribution is 2.14. The third kappa shape index (κ3) is 5.70. The zero-order valence-electron chi connectivity index (χ0n) is 11.3. The molecule has 0 fully saturated rings. The Balaban J connectivity index is 2.28. The Hall–Kier alpha value is -1.62. The number of phenols is 1. The van der Waals surface area contributed by atoms with E-state index in [9.17, 15) is 9.18 Å². The maximum atomic E-state index is 13.4. The smallest absolute Gasteiger partial charge is 0.254 e. The van der Waals surface area contributed by atoms with E-state index in [0.717, 1.165) is 18.9 Å². The summed E-state index contributed by atoms with van der Waals surface area (Å²) in [7, 11) is 0. The molecular weight excluding hydrogens is 249 g/mol. The number of aromatic hydroxyl groups is 1. The van der Waals surface area contributed by atoms with Crippen molar-refractivity contribution in [3.63, 3.8) is 0 Å². The molecule has 0 atom stereocenters. The fourth-order valence-corrected chi connectivity index (χ4v) is 1.53. The molecule has 0 unspecified atom stereocenters. The van der Waals surface area contributed by atoms with Crippen LogP contribution in [0.15, 0.2) is 18.2 Å². The van der Waals surface area contributed by atoms with Gasteiger partial charge in [-0.15, -0.1) is 0 Å². The van der Waals surface area contributed by atoms with E-state index < -0.39 is 11.7 Å². The Kier molecular flexibility index (Phi) is 6.29. The molecule has 5 heteroatoms. The van der Waals surface area contributed by atoms with E-state index in [-0.39, 0.29) is 17.4 Å². The molecule has 1 aromatic carbocycles. The topological polar surface area (TPSA) is 58.6 Å². The van der Waals surface area contributed by atoms with Gasteiger partial charge in [0.2, 0.25) is 0 Å². The molecule has 0 radical (unpaired) electrons. The fourth-order valence-electron chi connectivity index (χ4n) is 1.53. The molecule has 0 aliphatic carbocycles. The lowest BCUT2D eigenvalue weighted by atomic mass is 10.2. The largest absolute Gasteiger partial charge is 0.508 e. The van der Waals surface area contributed by atoms with Crippen LogP contribution in [0.5, 0.6) is 5.75 Å². The molecule has 2 N–H and O–H groups in total. The summed E-state index contributed by atoms with van der Waals surface area (Å²) in [6.45, 7) is 5.06. The molecule has 0 spiro atoms. The number of phenolic OH excluding ortho intramolecular Hbond substituents is 1. The summed E-state index contributed by atoms with van der Waals surface area (Å²) in [5, 5.41) is 11.7. The fraction of sp³-hybridized carbons (Fsp3) is 0.500. The van der Waals surface area contributed by atoms with Crippen molar-refractivity contribution in [3.05, 3.63) is 29.6 Å². The van der Waals surface area contributed by atoms with Gasteiger partial charge in [0.15, 0.2) is 0 Å². The zero-order valence-corrected chi connectivity index (χ0v) is 11.3. The van der Waals surface area contributed by atoms with Crippen molar-refractivity contribution in [2.24, 2.45) is 0 Å². The van der Waals surface area contributed by atoms with Gasteiger partial charge in [-0.05, 0) is 38.8 Å². The van der Waals surface area contributed by atoms with Crippen LogP contribution in [0, 0.1) is 5.82 Å². The molecule has 0 saturated carbocycles. The average molecular weight is 269 g/mol. The van der Waals surface area contributed by atoms with Gasteiger partial charge in [0.05, 0.1) is 11.7 Å². The molecule has 0 aliphatic heterocycles. The number of rotatable bonds is 7. The molecule has 1 amide bonds. The summed E-state index contributed by atoms with van der Waals surface area (Å²) >= 11 is 0. The van der Waals surface area contributed by atoms with Crippen molar-refractivity contribution in [2.75, 3.05) is 13.2 Å². The number of benzene rings is 1. The van der Waals surface area contributed by atoms with E-state index in [4.69, 9.17) is 9.84 Å². The lowest BCUT2D eigenvalue weighted by Gasteiger charge is -2.08. The van der Waals surface area contributed by atoms with Crippen LogP contribution in [-0.4, -0.2) is 30.3 Å². The first-order valence-electron chi connectivity index (χ1n) is 6.39. The van der Waals surface area contributed by atoms with Crippen LogP contribution in [0.2, 0.25) is 0 Å². The van der Waals surface area contributed by atoms with Gasteiger partial charge in [0, 0.05) is 19.2 Å². The van der Waals surface area contributed by atoms with Crippen molar-refractivity contribution >= 4 is 5.91 Å². The Labute approximate surface area is 112 Å². The maximum Gasteiger partial charge on any atom is 0.254 e. The van der Waals surface area contributed by atoms with E-state index >= 15 is 0 Å². The second-order valence-electron chi connectivity index (χ2n) is 4.55. The molecule has 4 nitrogen and oxygen atoms in total. The van der Waals surface area contributed by atoms with Gasteiger partial charge in [-0.3, -0.25) is 4.79 Å². The predicted octanol–water partition coefficient (Wildman–Crippen LogP) is 2.47. The SMILES string of the molecule is CC(C)OCCCCNC(=O)c1ccc(O)cc1F. The molecule has 0 bridgehead atoms. The first kappa shape index (κ1) is 15.4. The van der Waals surface area contributed by atoms with Gasteiger partial charge >= 0.3 is 0 Å². The van der Waals surface area contributed by atoms with Crippen molar-refractivity contribution in [2.45, 2.75) is 32.8 Å². The highest BCUT2D eigenvalue weighted by Gasteiger charge is 2.11. The summed E-state index contributed by atoms with van der Waals surface area (Å²) in [6.07, 6.45) is 1.83. The van der Waals surface area contributed by atoms with Gasteiger partial charge in [-0.25, -0.2) is 4.39 Å². The number of nitrogens with one attached hydrogen (secondary N) is 1. The third-order valence-electron chi connectivity index (χ3n) is 2.51. The molecule has 0 saturated heterocycles. The van der Waals surface area contributed by atoms with E-state index in [2.05, 4.69) is 5.32 Å². The highest BCUT2D eigenvalue weighted by atomic mass is 19.1. The Bertz CT molecular complexity index is 421. The van der Waals surface area contributed by atoms with Gasteiger partial charge in [0.25, 0.3) is 5.91 Å². The summed E-state index contributed by atoms with van der Waals surface area (Å²) in [4.78, 5) is 11.7. The van der Waals surface area contributed by atoms with Crippen LogP contribution in [0.4, 0.5) is 4.39 Å². The first-order valence-corrected chi connectivity index (χ1v) is 6.39. The Morgan fingerprint density at radius 3 is 2.79 bits per heavy atom. The molecule has 19 heavy (non-hydrogen) atoms. The lowest BCUT2D eigenvalue weighted by molar-refractivity contribution is 0.0754. The molecule has 0 heterocycles. The van der Waals surface area contributed by atoms with Gasteiger partial charge < -0.3 is 15.2 Å². The summed E-state index contributed by atoms with van der Waals surface area (Å²) in [5.41, 5.74) is -0.0590. The van der Waals surface area contributed by atoms with Crippen molar-refractivity contribution in [1.29, 1.82) is 0 Å². The quantitative estimate of drug-likeness (QED) is 0.748. The van der Waals surface area contributed by atoms with Crippen LogP contribution in [-0.2, 0) is 4.74 Å². The van der Waals surface area contributed by atoms with E-state index in [0.29, 0.717) is 13.2 Å². The lowest BCUT2D eigenvalue weighted by Crippen LogP contribution is -2.25. The van der Waals surface area contributed by atoms with Crippen molar-refractivity contribution < 1.29 is 19.0 Å². The van der Waals surface area contributed by atoms with Crippen LogP contribution < -0.4 is 5.32 Å². The van der Waals surface area contributed by atoms with E-state index in [1.165, 1.54) is 12.1 Å². The van der Waals surface area contributed by atoms with Crippen LogP contribution >= 0.6 is 0 Å². The summed E-state index contributed by atoms with van der Waals surface area (Å²) < 4.78 is 18.7. The summed E-state index contributed by atoms with van der Waals surface area (Å²) in [5.74, 6) is -1.39.